The third-order valence-corrected chi connectivity index (χ3v) is 3.48. The van der Waals surface area contributed by atoms with Gasteiger partial charge in [0, 0.05) is 6.04 Å². The van der Waals surface area contributed by atoms with Crippen LogP contribution in [0.15, 0.2) is 24.3 Å². The van der Waals surface area contributed by atoms with Gasteiger partial charge in [0.15, 0.2) is 0 Å². The fourth-order valence-corrected chi connectivity index (χ4v) is 2.35. The minimum absolute atomic E-state index is 0.148. The van der Waals surface area contributed by atoms with Crippen LogP contribution in [-0.2, 0) is 6.42 Å². The van der Waals surface area contributed by atoms with E-state index in [1.807, 2.05) is 12.1 Å². The van der Waals surface area contributed by atoms with Crippen molar-refractivity contribution in [2.75, 3.05) is 6.54 Å². The summed E-state index contributed by atoms with van der Waals surface area (Å²) in [7, 11) is 0. The summed E-state index contributed by atoms with van der Waals surface area (Å²) in [4.78, 5) is 0. The third kappa shape index (κ3) is 7.31. The van der Waals surface area contributed by atoms with Crippen LogP contribution in [0, 0.1) is 5.82 Å². The van der Waals surface area contributed by atoms with Gasteiger partial charge in [0.05, 0.1) is 0 Å². The van der Waals surface area contributed by atoms with Crippen LogP contribution < -0.4 is 5.32 Å². The second-order valence-electron chi connectivity index (χ2n) is 5.33. The maximum absolute atomic E-state index is 12.9. The number of halogens is 1. The van der Waals surface area contributed by atoms with Crippen LogP contribution >= 0.6 is 0 Å². The van der Waals surface area contributed by atoms with E-state index in [0.29, 0.717) is 6.04 Å². The van der Waals surface area contributed by atoms with E-state index in [0.717, 1.165) is 19.4 Å². The van der Waals surface area contributed by atoms with Gasteiger partial charge in [-0.05, 0) is 43.5 Å². The zero-order chi connectivity index (χ0) is 13.9. The number of hydrogen-bond acceptors (Lipinski definition) is 1. The van der Waals surface area contributed by atoms with Gasteiger partial charge in [-0.2, -0.15) is 0 Å². The number of unbranched alkanes of at least 4 members (excludes halogenated alkanes) is 3. The van der Waals surface area contributed by atoms with Crippen molar-refractivity contribution in [3.05, 3.63) is 35.6 Å². The molecule has 0 spiro atoms. The fraction of sp³-hybridized carbons (Fsp3) is 0.647. The minimum atomic E-state index is -0.148. The highest BCUT2D eigenvalue weighted by Gasteiger charge is 2.08. The Bertz CT molecular complexity index is 321. The van der Waals surface area contributed by atoms with Gasteiger partial charge in [0.1, 0.15) is 5.82 Å². The highest BCUT2D eigenvalue weighted by Crippen LogP contribution is 2.12. The van der Waals surface area contributed by atoms with E-state index in [1.54, 1.807) is 12.1 Å². The molecule has 1 rings (SSSR count). The molecule has 1 aromatic rings. The first-order chi connectivity index (χ1) is 9.26. The SMILES string of the molecule is CCCCCCC(Cc1ccc(F)cc1)NCCC. The van der Waals surface area contributed by atoms with Gasteiger partial charge in [0.25, 0.3) is 0 Å². The van der Waals surface area contributed by atoms with Crippen LogP contribution in [0.2, 0.25) is 0 Å². The lowest BCUT2D eigenvalue weighted by molar-refractivity contribution is 0.453. The predicted octanol–water partition coefficient (Wildman–Crippen LogP) is 4.71. The zero-order valence-corrected chi connectivity index (χ0v) is 12.4. The molecule has 0 saturated carbocycles. The third-order valence-electron chi connectivity index (χ3n) is 3.48. The van der Waals surface area contributed by atoms with Crippen LogP contribution in [-0.4, -0.2) is 12.6 Å². The first-order valence-corrected chi connectivity index (χ1v) is 7.74. The van der Waals surface area contributed by atoms with E-state index in [2.05, 4.69) is 19.2 Å². The number of benzene rings is 1. The maximum Gasteiger partial charge on any atom is 0.123 e. The molecule has 1 atom stereocenters. The van der Waals surface area contributed by atoms with Crippen LogP contribution in [0.5, 0.6) is 0 Å². The molecule has 0 aliphatic rings. The van der Waals surface area contributed by atoms with E-state index >= 15 is 0 Å². The van der Waals surface area contributed by atoms with Crippen LogP contribution in [0.25, 0.3) is 0 Å². The first-order valence-electron chi connectivity index (χ1n) is 7.74. The lowest BCUT2D eigenvalue weighted by atomic mass is 10.00. The molecule has 0 heterocycles. The van der Waals surface area contributed by atoms with Crippen molar-refractivity contribution >= 4 is 0 Å². The van der Waals surface area contributed by atoms with Gasteiger partial charge < -0.3 is 5.32 Å². The highest BCUT2D eigenvalue weighted by atomic mass is 19.1. The number of hydrogen-bond donors (Lipinski definition) is 1. The molecule has 0 amide bonds. The molecule has 0 aromatic heterocycles. The molecule has 108 valence electrons. The van der Waals surface area contributed by atoms with Gasteiger partial charge >= 0.3 is 0 Å². The topological polar surface area (TPSA) is 12.0 Å². The molecule has 1 nitrogen and oxygen atoms in total. The molecular weight excluding hydrogens is 237 g/mol. The van der Waals surface area contributed by atoms with E-state index in [1.165, 1.54) is 37.7 Å². The summed E-state index contributed by atoms with van der Waals surface area (Å²) in [5, 5.41) is 3.62. The number of nitrogens with one attached hydrogen (secondary N) is 1. The van der Waals surface area contributed by atoms with Crippen molar-refractivity contribution in [1.29, 1.82) is 0 Å². The zero-order valence-electron chi connectivity index (χ0n) is 12.4. The predicted molar refractivity (Wildman–Crippen MR) is 80.9 cm³/mol. The second-order valence-corrected chi connectivity index (χ2v) is 5.33. The molecule has 0 radical (unpaired) electrons. The Kier molecular flexibility index (Phi) is 8.48. The molecule has 1 unspecified atom stereocenters. The average molecular weight is 265 g/mol. The Morgan fingerprint density at radius 1 is 1.00 bits per heavy atom. The van der Waals surface area contributed by atoms with E-state index in [9.17, 15) is 4.39 Å². The molecule has 2 heteroatoms. The first kappa shape index (κ1) is 16.2. The van der Waals surface area contributed by atoms with E-state index in [-0.39, 0.29) is 5.82 Å². The van der Waals surface area contributed by atoms with Crippen LogP contribution in [0.1, 0.15) is 57.9 Å². The van der Waals surface area contributed by atoms with E-state index < -0.39 is 0 Å². The molecule has 0 aliphatic carbocycles. The van der Waals surface area contributed by atoms with Gasteiger partial charge in [0.2, 0.25) is 0 Å². The molecule has 1 aromatic carbocycles. The van der Waals surface area contributed by atoms with E-state index in [4.69, 9.17) is 0 Å². The summed E-state index contributed by atoms with van der Waals surface area (Å²) in [5.41, 5.74) is 1.23. The molecule has 0 bridgehead atoms. The van der Waals surface area contributed by atoms with Crippen LogP contribution in [0.3, 0.4) is 0 Å². The molecule has 19 heavy (non-hydrogen) atoms. The smallest absolute Gasteiger partial charge is 0.123 e. The summed E-state index contributed by atoms with van der Waals surface area (Å²) >= 11 is 0. The van der Waals surface area contributed by atoms with Crippen molar-refractivity contribution in [3.63, 3.8) is 0 Å². The summed E-state index contributed by atoms with van der Waals surface area (Å²) < 4.78 is 12.9. The Balaban J connectivity index is 2.41. The van der Waals surface area contributed by atoms with Crippen molar-refractivity contribution < 1.29 is 4.39 Å². The summed E-state index contributed by atoms with van der Waals surface area (Å²) in [6.45, 7) is 5.50. The Labute approximate surface area is 117 Å². The largest absolute Gasteiger partial charge is 0.314 e. The molecular formula is C17H28FN. The highest BCUT2D eigenvalue weighted by molar-refractivity contribution is 5.17. The summed E-state index contributed by atoms with van der Waals surface area (Å²) in [6, 6.07) is 7.46. The standard InChI is InChI=1S/C17H28FN/c1-3-5-6-7-8-17(19-13-4-2)14-15-9-11-16(18)12-10-15/h9-12,17,19H,3-8,13-14H2,1-2H3. The summed E-state index contributed by atoms with van der Waals surface area (Å²) in [6.07, 6.45) is 8.61. The molecule has 0 aliphatic heterocycles. The monoisotopic (exact) mass is 265 g/mol. The second kappa shape index (κ2) is 9.96. The lowest BCUT2D eigenvalue weighted by Crippen LogP contribution is -2.31. The maximum atomic E-state index is 12.9. The summed E-state index contributed by atoms with van der Waals surface area (Å²) in [5.74, 6) is -0.148. The molecule has 0 saturated heterocycles. The van der Waals surface area contributed by atoms with Gasteiger partial charge in [-0.3, -0.25) is 0 Å². The van der Waals surface area contributed by atoms with Crippen molar-refractivity contribution in [2.24, 2.45) is 0 Å². The Morgan fingerprint density at radius 3 is 2.37 bits per heavy atom. The van der Waals surface area contributed by atoms with Crippen LogP contribution in [0.4, 0.5) is 4.39 Å². The molecule has 1 N–H and O–H groups in total. The number of rotatable bonds is 10. The average Bonchev–Trinajstić information content (AvgIpc) is 2.43. The van der Waals surface area contributed by atoms with Gasteiger partial charge in [-0.15, -0.1) is 0 Å². The van der Waals surface area contributed by atoms with Gasteiger partial charge in [-0.1, -0.05) is 51.7 Å². The minimum Gasteiger partial charge on any atom is -0.314 e. The quantitative estimate of drug-likeness (QED) is 0.604. The van der Waals surface area contributed by atoms with Gasteiger partial charge in [-0.25, -0.2) is 4.39 Å². The fourth-order valence-electron chi connectivity index (χ4n) is 2.35. The lowest BCUT2D eigenvalue weighted by Gasteiger charge is -2.18. The normalized spacial score (nSPS) is 12.6. The van der Waals surface area contributed by atoms with Crippen molar-refractivity contribution in [2.45, 2.75) is 64.8 Å². The molecule has 0 fully saturated rings. The Hall–Kier alpha value is -0.890. The van der Waals surface area contributed by atoms with Crippen molar-refractivity contribution in [1.82, 2.24) is 5.32 Å². The Morgan fingerprint density at radius 2 is 1.74 bits per heavy atom. The van der Waals surface area contributed by atoms with Crippen molar-refractivity contribution in [3.8, 4) is 0 Å².